The van der Waals surface area contributed by atoms with Gasteiger partial charge in [-0.15, -0.1) is 11.3 Å². The Balaban J connectivity index is 1.92. The van der Waals surface area contributed by atoms with E-state index < -0.39 is 17.6 Å². The molecule has 3 rings (SSSR count). The molecular formula is C14H16FN3O3S. The van der Waals surface area contributed by atoms with Crippen LogP contribution in [-0.2, 0) is 16.1 Å². The molecule has 1 unspecified atom stereocenters. The van der Waals surface area contributed by atoms with E-state index in [1.54, 1.807) is 12.3 Å². The molecule has 6 nitrogen and oxygen atoms in total. The zero-order valence-corrected chi connectivity index (χ0v) is 12.9. The Hall–Kier alpha value is -1.96. The highest BCUT2D eigenvalue weighted by atomic mass is 32.1. The SMILES string of the molecule is CCCN1C(=O)CCC(F)(N2Cc3c(csc3N)C2=O)C1=O. The average Bonchev–Trinajstić information content (AvgIpc) is 3.01. The number of alkyl halides is 1. The van der Waals surface area contributed by atoms with Gasteiger partial charge in [-0.1, -0.05) is 6.92 Å². The summed E-state index contributed by atoms with van der Waals surface area (Å²) in [6.45, 7) is 1.93. The third-order valence-corrected chi connectivity index (χ3v) is 4.99. The van der Waals surface area contributed by atoms with E-state index in [0.29, 0.717) is 22.5 Å². The second kappa shape index (κ2) is 5.05. The Morgan fingerprint density at radius 3 is 2.77 bits per heavy atom. The minimum Gasteiger partial charge on any atom is -0.390 e. The number of nitrogen functional groups attached to an aromatic ring is 1. The first-order chi connectivity index (χ1) is 10.4. The Morgan fingerprint density at radius 2 is 2.14 bits per heavy atom. The molecule has 118 valence electrons. The molecule has 1 atom stereocenters. The number of piperidine rings is 1. The quantitative estimate of drug-likeness (QED) is 0.674. The van der Waals surface area contributed by atoms with Gasteiger partial charge in [0.15, 0.2) is 0 Å². The molecule has 1 aromatic rings. The second-order valence-corrected chi connectivity index (χ2v) is 6.40. The average molecular weight is 325 g/mol. The number of likely N-dealkylation sites (tertiary alicyclic amines) is 1. The summed E-state index contributed by atoms with van der Waals surface area (Å²) in [4.78, 5) is 38.5. The fourth-order valence-corrected chi connectivity index (χ4v) is 3.74. The van der Waals surface area contributed by atoms with E-state index in [1.165, 1.54) is 11.3 Å². The number of hydrogen-bond donors (Lipinski definition) is 1. The number of carbonyl (C=O) groups excluding carboxylic acids is 3. The van der Waals surface area contributed by atoms with Crippen LogP contribution in [0.15, 0.2) is 5.38 Å². The van der Waals surface area contributed by atoms with Gasteiger partial charge in [0.1, 0.15) is 0 Å². The molecule has 0 aliphatic carbocycles. The van der Waals surface area contributed by atoms with Crippen LogP contribution in [0.4, 0.5) is 9.39 Å². The van der Waals surface area contributed by atoms with Crippen molar-refractivity contribution in [3.63, 3.8) is 0 Å². The van der Waals surface area contributed by atoms with Crippen molar-refractivity contribution in [2.75, 3.05) is 12.3 Å². The highest BCUT2D eigenvalue weighted by Gasteiger charge is 2.55. The molecule has 1 fully saturated rings. The number of hydrogen-bond acceptors (Lipinski definition) is 5. The standard InChI is InChI=1S/C14H16FN3O3S/c1-2-5-17-10(19)3-4-14(15,13(17)21)18-6-8-9(12(18)20)7-22-11(8)16/h7H,2-6,16H2,1H3. The van der Waals surface area contributed by atoms with E-state index in [4.69, 9.17) is 5.73 Å². The van der Waals surface area contributed by atoms with Crippen LogP contribution in [-0.4, -0.2) is 39.9 Å². The monoisotopic (exact) mass is 325 g/mol. The lowest BCUT2D eigenvalue weighted by molar-refractivity contribution is -0.170. The van der Waals surface area contributed by atoms with E-state index in [1.807, 2.05) is 0 Å². The van der Waals surface area contributed by atoms with E-state index in [0.717, 1.165) is 9.80 Å². The molecule has 0 aromatic carbocycles. The molecule has 0 bridgehead atoms. The maximum Gasteiger partial charge on any atom is 0.288 e. The molecule has 0 saturated carbocycles. The molecule has 22 heavy (non-hydrogen) atoms. The number of carbonyl (C=O) groups is 3. The van der Waals surface area contributed by atoms with Crippen molar-refractivity contribution in [2.45, 2.75) is 38.5 Å². The molecule has 0 radical (unpaired) electrons. The molecule has 2 N–H and O–H groups in total. The molecule has 0 spiro atoms. The van der Waals surface area contributed by atoms with Crippen molar-refractivity contribution in [1.29, 1.82) is 0 Å². The molecule has 3 heterocycles. The number of rotatable bonds is 3. The minimum atomic E-state index is -2.47. The van der Waals surface area contributed by atoms with Crippen LogP contribution < -0.4 is 5.73 Å². The zero-order valence-electron chi connectivity index (χ0n) is 12.1. The van der Waals surface area contributed by atoms with Crippen LogP contribution in [0, 0.1) is 0 Å². The Bertz CT molecular complexity index is 674. The van der Waals surface area contributed by atoms with E-state index in [2.05, 4.69) is 0 Å². The number of nitrogens with two attached hydrogens (primary N) is 1. The smallest absolute Gasteiger partial charge is 0.288 e. The normalized spacial score (nSPS) is 25.1. The van der Waals surface area contributed by atoms with Crippen molar-refractivity contribution in [3.05, 3.63) is 16.5 Å². The molecule has 3 amide bonds. The van der Waals surface area contributed by atoms with Crippen LogP contribution in [0.25, 0.3) is 0 Å². The third kappa shape index (κ3) is 1.93. The van der Waals surface area contributed by atoms with Crippen LogP contribution in [0.2, 0.25) is 0 Å². The van der Waals surface area contributed by atoms with Crippen molar-refractivity contribution in [2.24, 2.45) is 0 Å². The van der Waals surface area contributed by atoms with E-state index >= 15 is 4.39 Å². The number of halogens is 1. The summed E-state index contributed by atoms with van der Waals surface area (Å²) in [5, 5.41) is 2.04. The van der Waals surface area contributed by atoms with Gasteiger partial charge >= 0.3 is 0 Å². The molecular weight excluding hydrogens is 309 g/mol. The van der Waals surface area contributed by atoms with Crippen LogP contribution >= 0.6 is 11.3 Å². The second-order valence-electron chi connectivity index (χ2n) is 5.49. The first-order valence-electron chi connectivity index (χ1n) is 7.11. The Kier molecular flexibility index (Phi) is 3.43. The van der Waals surface area contributed by atoms with Crippen molar-refractivity contribution < 1.29 is 18.8 Å². The predicted octanol–water partition coefficient (Wildman–Crippen LogP) is 1.51. The highest BCUT2D eigenvalue weighted by molar-refractivity contribution is 7.14. The van der Waals surface area contributed by atoms with E-state index in [9.17, 15) is 14.4 Å². The van der Waals surface area contributed by atoms with Crippen LogP contribution in [0.3, 0.4) is 0 Å². The van der Waals surface area contributed by atoms with Gasteiger partial charge in [0, 0.05) is 30.3 Å². The van der Waals surface area contributed by atoms with Crippen molar-refractivity contribution in [3.8, 4) is 0 Å². The summed E-state index contributed by atoms with van der Waals surface area (Å²) in [5.41, 5.74) is 6.71. The number of fused-ring (bicyclic) bond motifs is 1. The van der Waals surface area contributed by atoms with Crippen molar-refractivity contribution >= 4 is 34.1 Å². The fraction of sp³-hybridized carbons (Fsp3) is 0.500. The summed E-state index contributed by atoms with van der Waals surface area (Å²) in [6.07, 6.45) is 0.153. The summed E-state index contributed by atoms with van der Waals surface area (Å²) >= 11 is 1.23. The summed E-state index contributed by atoms with van der Waals surface area (Å²) in [5.74, 6) is -4.33. The molecule has 1 aromatic heterocycles. The number of amides is 3. The fourth-order valence-electron chi connectivity index (χ4n) is 2.94. The number of imide groups is 1. The van der Waals surface area contributed by atoms with Gasteiger partial charge in [0.2, 0.25) is 5.91 Å². The topological polar surface area (TPSA) is 83.7 Å². The van der Waals surface area contributed by atoms with Crippen LogP contribution in [0.1, 0.15) is 42.1 Å². The lowest BCUT2D eigenvalue weighted by Gasteiger charge is -2.40. The number of thiophene rings is 1. The van der Waals surface area contributed by atoms with Crippen LogP contribution in [0.5, 0.6) is 0 Å². The maximum atomic E-state index is 15.4. The van der Waals surface area contributed by atoms with Gasteiger partial charge in [0.25, 0.3) is 17.6 Å². The first-order valence-corrected chi connectivity index (χ1v) is 7.99. The lowest BCUT2D eigenvalue weighted by Crippen LogP contribution is -2.61. The Morgan fingerprint density at radius 1 is 1.41 bits per heavy atom. The Labute approximate surface area is 130 Å². The molecule has 8 heteroatoms. The predicted molar refractivity (Wildman–Crippen MR) is 78.7 cm³/mol. The maximum absolute atomic E-state index is 15.4. The van der Waals surface area contributed by atoms with Gasteiger partial charge in [-0.25, -0.2) is 4.39 Å². The lowest BCUT2D eigenvalue weighted by atomic mass is 9.99. The van der Waals surface area contributed by atoms with Gasteiger partial charge in [0.05, 0.1) is 17.1 Å². The van der Waals surface area contributed by atoms with Gasteiger partial charge in [-0.3, -0.25) is 24.2 Å². The van der Waals surface area contributed by atoms with Crippen molar-refractivity contribution in [1.82, 2.24) is 9.80 Å². The summed E-state index contributed by atoms with van der Waals surface area (Å²) in [7, 11) is 0. The summed E-state index contributed by atoms with van der Waals surface area (Å²) < 4.78 is 15.4. The zero-order chi connectivity index (χ0) is 16.1. The van der Waals surface area contributed by atoms with Gasteiger partial charge < -0.3 is 5.73 Å². The molecule has 2 aliphatic rings. The number of nitrogens with zero attached hydrogens (tertiary/aromatic N) is 2. The third-order valence-electron chi connectivity index (χ3n) is 4.14. The number of anilines is 1. The largest absolute Gasteiger partial charge is 0.390 e. The van der Waals surface area contributed by atoms with E-state index in [-0.39, 0.29) is 31.8 Å². The molecule has 2 aliphatic heterocycles. The molecule has 1 saturated heterocycles. The minimum absolute atomic E-state index is 0.0279. The first kappa shape index (κ1) is 15.0. The van der Waals surface area contributed by atoms with Gasteiger partial charge in [-0.05, 0) is 6.42 Å². The highest BCUT2D eigenvalue weighted by Crippen LogP contribution is 2.41. The van der Waals surface area contributed by atoms with Gasteiger partial charge in [-0.2, -0.15) is 0 Å². The summed E-state index contributed by atoms with van der Waals surface area (Å²) in [6, 6.07) is 0.